The zero-order valence-electron chi connectivity index (χ0n) is 12.7. The molecule has 0 N–H and O–H groups in total. The highest BCUT2D eigenvalue weighted by Crippen LogP contribution is 2.39. The first-order chi connectivity index (χ1) is 10.0. The standard InChI is InChI=1S/C16H20N2O2S/c1-4-7-17-15(19)14(21-16(17)20)9-12-8-10(2)18(11(12)3)13-5-6-13/h8-9,13H,4-7H2,1-3H3/b14-9-. The first-order valence-corrected chi connectivity index (χ1v) is 8.28. The minimum atomic E-state index is -0.150. The van der Waals surface area contributed by atoms with Crippen molar-refractivity contribution in [2.75, 3.05) is 6.54 Å². The van der Waals surface area contributed by atoms with Crippen LogP contribution < -0.4 is 0 Å². The summed E-state index contributed by atoms with van der Waals surface area (Å²) in [5.74, 6) is -0.150. The molecule has 0 aromatic carbocycles. The molecule has 21 heavy (non-hydrogen) atoms. The molecule has 3 rings (SSSR count). The van der Waals surface area contributed by atoms with E-state index in [0.717, 1.165) is 23.7 Å². The van der Waals surface area contributed by atoms with Gasteiger partial charge >= 0.3 is 0 Å². The SMILES string of the molecule is CCCN1C(=O)S/C(=C\c2cc(C)n(C3CC3)c2C)C1=O. The molecular weight excluding hydrogens is 284 g/mol. The summed E-state index contributed by atoms with van der Waals surface area (Å²) in [7, 11) is 0. The molecule has 1 saturated carbocycles. The molecule has 0 spiro atoms. The average molecular weight is 304 g/mol. The lowest BCUT2D eigenvalue weighted by Crippen LogP contribution is -2.28. The van der Waals surface area contributed by atoms with E-state index in [-0.39, 0.29) is 11.1 Å². The summed E-state index contributed by atoms with van der Waals surface area (Å²) in [6.45, 7) is 6.66. The fourth-order valence-electron chi connectivity index (χ4n) is 2.90. The van der Waals surface area contributed by atoms with Gasteiger partial charge in [0.25, 0.3) is 11.1 Å². The maximum Gasteiger partial charge on any atom is 0.293 e. The van der Waals surface area contributed by atoms with Gasteiger partial charge in [-0.3, -0.25) is 14.5 Å². The summed E-state index contributed by atoms with van der Waals surface area (Å²) in [4.78, 5) is 26.0. The molecule has 0 atom stereocenters. The summed E-state index contributed by atoms with van der Waals surface area (Å²) >= 11 is 1.05. The van der Waals surface area contributed by atoms with Gasteiger partial charge in [0.15, 0.2) is 0 Å². The first kappa shape index (κ1) is 14.4. The van der Waals surface area contributed by atoms with Crippen LogP contribution in [0.5, 0.6) is 0 Å². The first-order valence-electron chi connectivity index (χ1n) is 7.46. The van der Waals surface area contributed by atoms with E-state index < -0.39 is 0 Å². The topological polar surface area (TPSA) is 42.3 Å². The Hall–Kier alpha value is -1.49. The quantitative estimate of drug-likeness (QED) is 0.793. The van der Waals surface area contributed by atoms with Crippen LogP contribution in [-0.2, 0) is 4.79 Å². The van der Waals surface area contributed by atoms with Gasteiger partial charge in [-0.05, 0) is 62.6 Å². The third-order valence-corrected chi connectivity index (χ3v) is 4.95. The number of aryl methyl sites for hydroxylation is 1. The zero-order valence-corrected chi connectivity index (χ0v) is 13.5. The molecule has 4 nitrogen and oxygen atoms in total. The number of amides is 2. The highest BCUT2D eigenvalue weighted by molar-refractivity contribution is 8.18. The summed E-state index contributed by atoms with van der Waals surface area (Å²) in [6, 6.07) is 2.74. The van der Waals surface area contributed by atoms with Crippen molar-refractivity contribution in [3.8, 4) is 0 Å². The van der Waals surface area contributed by atoms with Gasteiger partial charge in [0.2, 0.25) is 0 Å². The van der Waals surface area contributed by atoms with E-state index in [1.807, 2.05) is 13.0 Å². The maximum atomic E-state index is 12.3. The van der Waals surface area contributed by atoms with Gasteiger partial charge in [0.05, 0.1) is 4.91 Å². The van der Waals surface area contributed by atoms with Crippen LogP contribution in [0.1, 0.15) is 49.2 Å². The highest BCUT2D eigenvalue weighted by atomic mass is 32.2. The van der Waals surface area contributed by atoms with Crippen molar-refractivity contribution < 1.29 is 9.59 Å². The van der Waals surface area contributed by atoms with Crippen molar-refractivity contribution in [3.05, 3.63) is 27.9 Å². The van der Waals surface area contributed by atoms with Gasteiger partial charge in [-0.1, -0.05) is 6.92 Å². The molecule has 0 unspecified atom stereocenters. The largest absolute Gasteiger partial charge is 0.346 e. The summed E-state index contributed by atoms with van der Waals surface area (Å²) in [6.07, 6.45) is 5.15. The average Bonchev–Trinajstić information content (AvgIpc) is 3.17. The van der Waals surface area contributed by atoms with Gasteiger partial charge in [-0.15, -0.1) is 0 Å². The Balaban J connectivity index is 1.91. The third-order valence-electron chi connectivity index (χ3n) is 4.04. The Labute approximate surface area is 129 Å². The molecule has 1 aromatic heterocycles. The van der Waals surface area contributed by atoms with Gasteiger partial charge in [-0.2, -0.15) is 0 Å². The number of hydrogen-bond donors (Lipinski definition) is 0. The van der Waals surface area contributed by atoms with Crippen LogP contribution >= 0.6 is 11.8 Å². The molecule has 1 aromatic rings. The second-order valence-electron chi connectivity index (χ2n) is 5.76. The smallest absolute Gasteiger partial charge is 0.293 e. The van der Waals surface area contributed by atoms with Crippen molar-refractivity contribution in [1.29, 1.82) is 0 Å². The Bertz CT molecular complexity index is 641. The Kier molecular flexibility index (Phi) is 3.69. The number of nitrogens with zero attached hydrogens (tertiary/aromatic N) is 2. The fourth-order valence-corrected chi connectivity index (χ4v) is 3.76. The fraction of sp³-hybridized carbons (Fsp3) is 0.500. The molecule has 5 heteroatoms. The highest BCUT2D eigenvalue weighted by Gasteiger charge is 2.34. The van der Waals surface area contributed by atoms with Crippen molar-refractivity contribution in [3.63, 3.8) is 0 Å². The van der Waals surface area contributed by atoms with Crippen molar-refractivity contribution in [1.82, 2.24) is 9.47 Å². The predicted molar refractivity (Wildman–Crippen MR) is 85.1 cm³/mol. The summed E-state index contributed by atoms with van der Waals surface area (Å²) < 4.78 is 2.35. The van der Waals surface area contributed by atoms with E-state index in [1.54, 1.807) is 0 Å². The molecule has 2 heterocycles. The number of imide groups is 1. The molecule has 2 fully saturated rings. The van der Waals surface area contributed by atoms with E-state index in [9.17, 15) is 9.59 Å². The normalized spacial score (nSPS) is 20.9. The second kappa shape index (κ2) is 5.37. The molecule has 0 radical (unpaired) electrons. The lowest BCUT2D eigenvalue weighted by molar-refractivity contribution is -0.122. The molecular formula is C16H20N2O2S. The van der Waals surface area contributed by atoms with Gasteiger partial charge in [0, 0.05) is 24.0 Å². The molecule has 1 aliphatic heterocycles. The number of rotatable bonds is 4. The van der Waals surface area contributed by atoms with Gasteiger partial charge in [0.1, 0.15) is 0 Å². The third kappa shape index (κ3) is 2.55. The van der Waals surface area contributed by atoms with Gasteiger partial charge in [-0.25, -0.2) is 0 Å². The minimum absolute atomic E-state index is 0.149. The van der Waals surface area contributed by atoms with Crippen LogP contribution in [0.3, 0.4) is 0 Å². The van der Waals surface area contributed by atoms with E-state index in [4.69, 9.17) is 0 Å². The van der Waals surface area contributed by atoms with Gasteiger partial charge < -0.3 is 4.57 Å². The molecule has 2 amide bonds. The summed E-state index contributed by atoms with van der Waals surface area (Å²) in [5, 5.41) is -0.149. The number of thioether (sulfide) groups is 1. The van der Waals surface area contributed by atoms with E-state index in [1.165, 1.54) is 29.1 Å². The number of aromatic nitrogens is 1. The lowest BCUT2D eigenvalue weighted by Gasteiger charge is -2.09. The molecule has 2 aliphatic rings. The molecule has 0 bridgehead atoms. The number of hydrogen-bond acceptors (Lipinski definition) is 3. The maximum absolute atomic E-state index is 12.3. The van der Waals surface area contributed by atoms with Crippen LogP contribution in [0.15, 0.2) is 11.0 Å². The molecule has 1 aliphatic carbocycles. The lowest BCUT2D eigenvalue weighted by atomic mass is 10.2. The number of carbonyl (C=O) groups is 2. The van der Waals surface area contributed by atoms with E-state index in [2.05, 4.69) is 24.5 Å². The Morgan fingerprint density at radius 2 is 2.05 bits per heavy atom. The zero-order chi connectivity index (χ0) is 15.1. The molecule has 1 saturated heterocycles. The van der Waals surface area contributed by atoms with Crippen molar-refractivity contribution >= 4 is 29.0 Å². The monoisotopic (exact) mass is 304 g/mol. The van der Waals surface area contributed by atoms with Crippen molar-refractivity contribution in [2.24, 2.45) is 0 Å². The second-order valence-corrected chi connectivity index (χ2v) is 6.75. The Morgan fingerprint density at radius 1 is 1.33 bits per heavy atom. The molecule has 112 valence electrons. The predicted octanol–water partition coefficient (Wildman–Crippen LogP) is 3.89. The minimum Gasteiger partial charge on any atom is -0.346 e. The van der Waals surface area contributed by atoms with Crippen LogP contribution in [0, 0.1) is 13.8 Å². The number of carbonyl (C=O) groups excluding carboxylic acids is 2. The van der Waals surface area contributed by atoms with Crippen LogP contribution in [0.4, 0.5) is 4.79 Å². The van der Waals surface area contributed by atoms with Crippen LogP contribution in [0.2, 0.25) is 0 Å². The van der Waals surface area contributed by atoms with E-state index >= 15 is 0 Å². The van der Waals surface area contributed by atoms with Crippen LogP contribution in [0.25, 0.3) is 6.08 Å². The van der Waals surface area contributed by atoms with Crippen molar-refractivity contribution in [2.45, 2.75) is 46.1 Å². The Morgan fingerprint density at radius 3 is 2.67 bits per heavy atom. The van der Waals surface area contributed by atoms with Crippen LogP contribution in [-0.4, -0.2) is 27.2 Å². The van der Waals surface area contributed by atoms with E-state index in [0.29, 0.717) is 17.5 Å². The summed E-state index contributed by atoms with van der Waals surface area (Å²) in [5.41, 5.74) is 3.48.